The van der Waals surface area contributed by atoms with Gasteiger partial charge in [0, 0.05) is 5.56 Å². The van der Waals surface area contributed by atoms with Crippen molar-refractivity contribution in [2.75, 3.05) is 18.1 Å². The van der Waals surface area contributed by atoms with Gasteiger partial charge in [0.15, 0.2) is 5.13 Å². The number of anilines is 1. The zero-order chi connectivity index (χ0) is 28.3. The average Bonchev–Trinajstić information content (AvgIpc) is 3.44. The van der Waals surface area contributed by atoms with E-state index in [4.69, 9.17) is 9.47 Å². The number of ketones is 1. The predicted molar refractivity (Wildman–Crippen MR) is 150 cm³/mol. The van der Waals surface area contributed by atoms with Gasteiger partial charge in [-0.1, -0.05) is 62.1 Å². The summed E-state index contributed by atoms with van der Waals surface area (Å²) in [5.74, 6) is -1.71. The molecule has 0 spiro atoms. The van der Waals surface area contributed by atoms with Crippen LogP contribution in [0.3, 0.4) is 0 Å². The molecule has 3 aromatic rings. The van der Waals surface area contributed by atoms with Crippen molar-refractivity contribution in [3.8, 4) is 5.75 Å². The second kappa shape index (κ2) is 11.7. The molecule has 0 aliphatic carbocycles. The van der Waals surface area contributed by atoms with Crippen molar-refractivity contribution in [3.63, 3.8) is 0 Å². The maximum atomic E-state index is 13.5. The molecular weight excluding hydrogens is 516 g/mol. The van der Waals surface area contributed by atoms with Gasteiger partial charge in [0.05, 0.1) is 23.9 Å². The fraction of sp³-hybridized carbons (Fsp3) is 0.267. The number of nitrogens with zero attached hydrogens (tertiary/aromatic N) is 2. The molecule has 2 aromatic carbocycles. The molecule has 1 atom stereocenters. The smallest absolute Gasteiger partial charge is 0.350 e. The number of rotatable bonds is 9. The van der Waals surface area contributed by atoms with Gasteiger partial charge in [0.2, 0.25) is 0 Å². The number of ether oxygens (including phenoxy) is 2. The molecule has 1 unspecified atom stereocenters. The number of aryl methyl sites for hydroxylation is 1. The van der Waals surface area contributed by atoms with Crippen LogP contribution in [0.15, 0.2) is 66.8 Å². The van der Waals surface area contributed by atoms with Gasteiger partial charge in [-0.25, -0.2) is 9.78 Å². The lowest BCUT2D eigenvalue weighted by Gasteiger charge is -2.23. The molecule has 1 fully saturated rings. The van der Waals surface area contributed by atoms with Crippen molar-refractivity contribution < 1.29 is 29.0 Å². The van der Waals surface area contributed by atoms with Crippen LogP contribution in [-0.2, 0) is 14.3 Å². The van der Waals surface area contributed by atoms with E-state index in [1.807, 2.05) is 31.2 Å². The molecule has 0 saturated carbocycles. The Hall–Kier alpha value is -4.24. The Bertz CT molecular complexity index is 1440. The zero-order valence-electron chi connectivity index (χ0n) is 22.3. The van der Waals surface area contributed by atoms with Gasteiger partial charge >= 0.3 is 11.9 Å². The van der Waals surface area contributed by atoms with E-state index >= 15 is 0 Å². The number of carbonyl (C=O) groups excluding carboxylic acids is 3. The Morgan fingerprint density at radius 2 is 1.82 bits per heavy atom. The Balaban J connectivity index is 1.86. The van der Waals surface area contributed by atoms with E-state index in [1.54, 1.807) is 31.2 Å². The molecular formula is C30H30N2O6S. The number of benzene rings is 2. The quantitative estimate of drug-likeness (QED) is 0.116. The van der Waals surface area contributed by atoms with Crippen molar-refractivity contribution in [2.45, 2.75) is 39.7 Å². The molecule has 4 rings (SSSR count). The van der Waals surface area contributed by atoms with Crippen molar-refractivity contribution in [2.24, 2.45) is 0 Å². The first-order valence-corrected chi connectivity index (χ1v) is 13.4. The van der Waals surface area contributed by atoms with Crippen LogP contribution in [0.5, 0.6) is 5.75 Å². The molecule has 202 valence electrons. The Labute approximate surface area is 231 Å². The fourth-order valence-corrected chi connectivity index (χ4v) is 5.30. The summed E-state index contributed by atoms with van der Waals surface area (Å²) >= 11 is 0.957. The third-order valence-electron chi connectivity index (χ3n) is 6.31. The monoisotopic (exact) mass is 546 g/mol. The average molecular weight is 547 g/mol. The third kappa shape index (κ3) is 5.49. The van der Waals surface area contributed by atoms with E-state index in [0.717, 1.165) is 16.9 Å². The molecule has 1 saturated heterocycles. The van der Waals surface area contributed by atoms with E-state index in [0.29, 0.717) is 29.2 Å². The predicted octanol–water partition coefficient (Wildman–Crippen LogP) is 5.94. The highest BCUT2D eigenvalue weighted by Gasteiger charge is 2.48. The zero-order valence-corrected chi connectivity index (χ0v) is 23.1. The molecule has 1 aliphatic heterocycles. The lowest BCUT2D eigenvalue weighted by Crippen LogP contribution is -2.29. The van der Waals surface area contributed by atoms with Crippen LogP contribution in [0.4, 0.5) is 5.13 Å². The second-order valence-corrected chi connectivity index (χ2v) is 10.2. The number of aliphatic hydroxyl groups is 1. The summed E-state index contributed by atoms with van der Waals surface area (Å²) in [6.07, 6.45) is 1.45. The van der Waals surface area contributed by atoms with Crippen LogP contribution < -0.4 is 9.64 Å². The first-order valence-electron chi connectivity index (χ1n) is 12.6. The number of esters is 1. The summed E-state index contributed by atoms with van der Waals surface area (Å²) in [5, 5.41) is 11.5. The summed E-state index contributed by atoms with van der Waals surface area (Å²) in [4.78, 5) is 45.4. The fourth-order valence-electron chi connectivity index (χ4n) is 4.31. The van der Waals surface area contributed by atoms with Crippen molar-refractivity contribution >= 4 is 39.9 Å². The highest BCUT2D eigenvalue weighted by Crippen LogP contribution is 2.44. The van der Waals surface area contributed by atoms with E-state index in [-0.39, 0.29) is 33.9 Å². The summed E-state index contributed by atoms with van der Waals surface area (Å²) in [6.45, 7) is 11.7. The minimum absolute atomic E-state index is 0.0281. The van der Waals surface area contributed by atoms with E-state index in [9.17, 15) is 19.5 Å². The largest absolute Gasteiger partial charge is 0.507 e. The molecule has 0 bridgehead atoms. The van der Waals surface area contributed by atoms with E-state index in [1.165, 1.54) is 11.0 Å². The number of hydrogen-bond donors (Lipinski definition) is 1. The lowest BCUT2D eigenvalue weighted by atomic mass is 9.93. The van der Waals surface area contributed by atoms with Crippen LogP contribution in [0.1, 0.15) is 64.8 Å². The summed E-state index contributed by atoms with van der Waals surface area (Å²) in [6, 6.07) is 13.2. The van der Waals surface area contributed by atoms with Gasteiger partial charge in [0.1, 0.15) is 23.0 Å². The summed E-state index contributed by atoms with van der Waals surface area (Å²) in [7, 11) is 0. The number of amides is 1. The van der Waals surface area contributed by atoms with Crippen LogP contribution >= 0.6 is 11.3 Å². The van der Waals surface area contributed by atoms with E-state index in [2.05, 4.69) is 25.4 Å². The highest BCUT2D eigenvalue weighted by atomic mass is 32.1. The van der Waals surface area contributed by atoms with E-state index < -0.39 is 23.7 Å². The minimum Gasteiger partial charge on any atom is -0.507 e. The van der Waals surface area contributed by atoms with Crippen LogP contribution in [-0.4, -0.2) is 41.0 Å². The number of carbonyl (C=O) groups is 3. The Morgan fingerprint density at radius 1 is 1.15 bits per heavy atom. The van der Waals surface area contributed by atoms with Gasteiger partial charge in [-0.15, -0.1) is 0 Å². The van der Waals surface area contributed by atoms with Crippen molar-refractivity contribution in [1.29, 1.82) is 0 Å². The number of aliphatic hydroxyl groups excluding tert-OH is 1. The molecule has 1 amide bonds. The molecule has 1 N–H and O–H groups in total. The summed E-state index contributed by atoms with van der Waals surface area (Å²) in [5.41, 5.74) is 2.37. The molecule has 0 radical (unpaired) electrons. The number of Topliss-reactive ketones (excluding diaryl/α,β-unsaturated/α-hetero) is 1. The standard InChI is InChI=1S/C30H30N2O6S/c1-6-16-38-29(36)27-18(5)31-30(39-27)32-24(20-10-8-19(9-11-20)17(3)4)23(26(34)28(32)35)25(33)21-12-14-22(15-13-21)37-7-2/h6,8-15,17,24,33H,1,7,16H2,2-5H3/b25-23-. The molecule has 1 aromatic heterocycles. The normalized spacial score (nSPS) is 16.5. The van der Waals surface area contributed by atoms with Gasteiger partial charge in [-0.05, 0) is 55.2 Å². The molecule has 1 aliphatic rings. The molecule has 9 heteroatoms. The molecule has 2 heterocycles. The highest BCUT2D eigenvalue weighted by molar-refractivity contribution is 7.17. The van der Waals surface area contributed by atoms with Gasteiger partial charge in [-0.2, -0.15) is 0 Å². The number of thiazole rings is 1. The van der Waals surface area contributed by atoms with Crippen molar-refractivity contribution in [3.05, 3.63) is 94.0 Å². The Morgan fingerprint density at radius 3 is 2.41 bits per heavy atom. The first kappa shape index (κ1) is 27.8. The maximum absolute atomic E-state index is 13.5. The topological polar surface area (TPSA) is 106 Å². The van der Waals surface area contributed by atoms with Crippen molar-refractivity contribution in [1.82, 2.24) is 4.98 Å². The molecule has 8 nitrogen and oxygen atoms in total. The van der Waals surface area contributed by atoms with Crippen LogP contribution in [0, 0.1) is 6.92 Å². The number of aromatic nitrogens is 1. The van der Waals surface area contributed by atoms with Gasteiger partial charge in [-0.3, -0.25) is 14.5 Å². The molecule has 39 heavy (non-hydrogen) atoms. The second-order valence-electron chi connectivity index (χ2n) is 9.25. The third-order valence-corrected chi connectivity index (χ3v) is 7.45. The van der Waals surface area contributed by atoms with Gasteiger partial charge in [0.25, 0.3) is 5.78 Å². The Kier molecular flexibility index (Phi) is 8.30. The lowest BCUT2D eigenvalue weighted by molar-refractivity contribution is -0.132. The van der Waals surface area contributed by atoms with Gasteiger partial charge < -0.3 is 14.6 Å². The first-order chi connectivity index (χ1) is 18.7. The number of hydrogen-bond acceptors (Lipinski definition) is 8. The maximum Gasteiger partial charge on any atom is 0.350 e. The summed E-state index contributed by atoms with van der Waals surface area (Å²) < 4.78 is 10.6. The van der Waals surface area contributed by atoms with Crippen LogP contribution in [0.2, 0.25) is 0 Å². The SMILES string of the molecule is C=CCOC(=O)c1sc(N2C(=O)C(=O)/C(=C(\O)c3ccc(OCC)cc3)C2c2ccc(C(C)C)cc2)nc1C. The minimum atomic E-state index is -0.958. The van der Waals surface area contributed by atoms with Crippen LogP contribution in [0.25, 0.3) is 5.76 Å².